The molecule has 0 bridgehead atoms. The summed E-state index contributed by atoms with van der Waals surface area (Å²) in [5, 5.41) is 30.8. The van der Waals surface area contributed by atoms with E-state index in [-0.39, 0.29) is 35.9 Å². The lowest BCUT2D eigenvalue weighted by atomic mass is 10.0. The number of primary amides is 1. The van der Waals surface area contributed by atoms with Gasteiger partial charge in [-0.25, -0.2) is 0 Å². The fraction of sp³-hybridized carbons (Fsp3) is 0.286. The first-order valence-electron chi connectivity index (χ1n) is 15.1. The summed E-state index contributed by atoms with van der Waals surface area (Å²) in [6.45, 7) is 5.26. The molecule has 0 aliphatic heterocycles. The van der Waals surface area contributed by atoms with Crippen molar-refractivity contribution in [2.75, 3.05) is 6.61 Å². The van der Waals surface area contributed by atoms with Gasteiger partial charge >= 0.3 is 11.6 Å². The Morgan fingerprint density at radius 2 is 1.51 bits per heavy atom. The average molecular weight is 643 g/mol. The van der Waals surface area contributed by atoms with Crippen LogP contribution in [0.15, 0.2) is 91.0 Å². The molecule has 12 nitrogen and oxygen atoms in total. The maximum Gasteiger partial charge on any atom is 0.322 e. The van der Waals surface area contributed by atoms with Crippen LogP contribution in [0.1, 0.15) is 53.6 Å². The molecule has 1 heterocycles. The van der Waals surface area contributed by atoms with Crippen LogP contribution in [-0.4, -0.2) is 64.3 Å². The van der Waals surface area contributed by atoms with E-state index in [0.717, 1.165) is 5.56 Å². The topological polar surface area (TPSA) is 184 Å². The molecule has 1 aromatic heterocycles. The number of nitrogens with zero attached hydrogens (tertiary/aromatic N) is 1. The molecule has 12 heteroatoms. The van der Waals surface area contributed by atoms with Crippen molar-refractivity contribution in [2.24, 2.45) is 5.73 Å². The van der Waals surface area contributed by atoms with Crippen molar-refractivity contribution >= 4 is 34.5 Å². The van der Waals surface area contributed by atoms with Gasteiger partial charge in [0.25, 0.3) is 11.4 Å². The van der Waals surface area contributed by atoms with E-state index in [0.29, 0.717) is 15.6 Å². The van der Waals surface area contributed by atoms with Crippen LogP contribution in [0.5, 0.6) is 5.75 Å². The number of hydrogen-bond donors (Lipinski definition) is 6. The van der Waals surface area contributed by atoms with Crippen molar-refractivity contribution in [1.82, 2.24) is 16.0 Å². The van der Waals surface area contributed by atoms with Gasteiger partial charge in [0.1, 0.15) is 24.5 Å². The Morgan fingerprint density at radius 3 is 2.21 bits per heavy atom. The minimum Gasteiger partial charge on any atom is -0.490 e. The number of fused-ring (bicyclic) bond motifs is 1. The van der Waals surface area contributed by atoms with Crippen LogP contribution in [0.2, 0.25) is 0 Å². The summed E-state index contributed by atoms with van der Waals surface area (Å²) in [7, 11) is 0. The first-order valence-corrected chi connectivity index (χ1v) is 15.1. The number of benzene rings is 3. The first kappa shape index (κ1) is 34.4. The molecule has 0 unspecified atom stereocenters. The monoisotopic (exact) mass is 642 g/mol. The highest BCUT2D eigenvalue weighted by atomic mass is 16.5. The minimum absolute atomic E-state index is 0.168. The maximum absolute atomic E-state index is 13.6. The van der Waals surface area contributed by atoms with E-state index >= 15 is 0 Å². The highest BCUT2D eigenvalue weighted by molar-refractivity contribution is 5.98. The van der Waals surface area contributed by atoms with E-state index in [1.54, 1.807) is 54.6 Å². The largest absolute Gasteiger partial charge is 0.490 e. The second-order valence-corrected chi connectivity index (χ2v) is 12.2. The van der Waals surface area contributed by atoms with Crippen LogP contribution in [0.4, 0.5) is 0 Å². The molecule has 0 aliphatic rings. The Bertz CT molecular complexity index is 1740. The van der Waals surface area contributed by atoms with Crippen molar-refractivity contribution in [3.63, 3.8) is 0 Å². The zero-order chi connectivity index (χ0) is 34.1. The third-order valence-corrected chi connectivity index (χ3v) is 7.19. The standard InChI is InChI=1S/C35H39N5O7/c1-35(2,3)39-32(43)24-14-8-10-16-30(24)47-21-29(41)25(19-22-11-5-4-6-12-22)37-33(44)26(20-31(36)42)38-34(45)28-18-17-23-13-7-9-15-27(23)40(28)46/h4-18,25-26,29,41H,19-21H2,1-3H3,(H5-,36,37,38,39,42,43,44,45,46)/p+1/t25-,26-,29-/m0/s1. The molecular weight excluding hydrogens is 602 g/mol. The summed E-state index contributed by atoms with van der Waals surface area (Å²) in [6.07, 6.45) is -1.66. The SMILES string of the molecule is CC(C)(C)NC(=O)c1ccccc1OC[C@H](O)[C@H](Cc1ccccc1)NC(=O)[C@H](CC(N)=O)NC(=O)c1ccc2ccccc2[n+]1O. The van der Waals surface area contributed by atoms with Crippen LogP contribution in [-0.2, 0) is 16.0 Å². The molecule has 0 spiro atoms. The van der Waals surface area contributed by atoms with E-state index in [1.807, 2.05) is 51.1 Å². The van der Waals surface area contributed by atoms with Gasteiger partial charge in [-0.15, -0.1) is 0 Å². The number of carbonyl (C=O) groups excluding carboxylic acids is 4. The van der Waals surface area contributed by atoms with E-state index in [9.17, 15) is 29.5 Å². The molecule has 0 saturated heterocycles. The molecule has 4 rings (SSSR count). The van der Waals surface area contributed by atoms with Gasteiger partial charge < -0.3 is 31.5 Å². The maximum atomic E-state index is 13.6. The van der Waals surface area contributed by atoms with Crippen LogP contribution in [0, 0.1) is 0 Å². The third kappa shape index (κ3) is 9.50. The van der Waals surface area contributed by atoms with Gasteiger partial charge in [0.05, 0.1) is 23.4 Å². The number of nitrogens with one attached hydrogen (secondary N) is 3. The number of amides is 4. The number of para-hydroxylation sites is 2. The first-order chi connectivity index (χ1) is 22.3. The summed E-state index contributed by atoms with van der Waals surface area (Å²) in [6, 6.07) is 23.2. The lowest BCUT2D eigenvalue weighted by molar-refractivity contribution is -0.885. The molecular formula is C35H40N5O7+. The van der Waals surface area contributed by atoms with Crippen LogP contribution in [0.25, 0.3) is 10.9 Å². The van der Waals surface area contributed by atoms with Gasteiger partial charge in [0.2, 0.25) is 11.8 Å². The molecule has 3 atom stereocenters. The normalized spacial score (nSPS) is 13.2. The van der Waals surface area contributed by atoms with Crippen LogP contribution in [0.3, 0.4) is 0 Å². The number of nitrogens with two attached hydrogens (primary N) is 1. The fourth-order valence-electron chi connectivity index (χ4n) is 4.92. The van der Waals surface area contributed by atoms with Gasteiger partial charge in [-0.05, 0) is 57.0 Å². The lowest BCUT2D eigenvalue weighted by Crippen LogP contribution is -2.56. The minimum atomic E-state index is -1.43. The predicted molar refractivity (Wildman–Crippen MR) is 174 cm³/mol. The summed E-state index contributed by atoms with van der Waals surface area (Å²) in [4.78, 5) is 51.7. The highest BCUT2D eigenvalue weighted by Crippen LogP contribution is 2.20. The summed E-state index contributed by atoms with van der Waals surface area (Å²) >= 11 is 0. The molecule has 3 aromatic carbocycles. The second-order valence-electron chi connectivity index (χ2n) is 12.2. The molecule has 4 amide bonds. The molecule has 7 N–H and O–H groups in total. The zero-order valence-electron chi connectivity index (χ0n) is 26.5. The Hall–Kier alpha value is -5.49. The van der Waals surface area contributed by atoms with Crippen LogP contribution < -0.4 is 31.2 Å². The summed E-state index contributed by atoms with van der Waals surface area (Å²) < 4.78 is 6.59. The van der Waals surface area contributed by atoms with Crippen molar-refractivity contribution in [2.45, 2.75) is 57.3 Å². The van der Waals surface area contributed by atoms with Gasteiger partial charge in [-0.1, -0.05) is 54.6 Å². The van der Waals surface area contributed by atoms with E-state index < -0.39 is 47.9 Å². The summed E-state index contributed by atoms with van der Waals surface area (Å²) in [5.41, 5.74) is 6.19. The molecule has 4 aromatic rings. The zero-order valence-corrected chi connectivity index (χ0v) is 26.5. The Kier molecular flexibility index (Phi) is 11.1. The molecule has 0 aliphatic carbocycles. The number of ether oxygens (including phenoxy) is 1. The lowest BCUT2D eigenvalue weighted by Gasteiger charge is -2.27. The molecule has 0 saturated carbocycles. The van der Waals surface area contributed by atoms with Gasteiger partial charge in [0.15, 0.2) is 0 Å². The molecule has 246 valence electrons. The van der Waals surface area contributed by atoms with E-state index in [4.69, 9.17) is 10.5 Å². The number of aliphatic hydroxyl groups excluding tert-OH is 1. The number of aromatic nitrogens is 1. The highest BCUT2D eigenvalue weighted by Gasteiger charge is 2.32. The smallest absolute Gasteiger partial charge is 0.322 e. The van der Waals surface area contributed by atoms with E-state index in [2.05, 4.69) is 16.0 Å². The summed E-state index contributed by atoms with van der Waals surface area (Å²) in [5.74, 6) is -2.57. The van der Waals surface area contributed by atoms with Gasteiger partial charge in [-0.2, -0.15) is 0 Å². The Labute approximate surface area is 272 Å². The third-order valence-electron chi connectivity index (χ3n) is 7.19. The van der Waals surface area contributed by atoms with Gasteiger partial charge in [-0.3, -0.25) is 24.4 Å². The quantitative estimate of drug-likeness (QED) is 0.0952. The Balaban J connectivity index is 1.53. The number of carbonyl (C=O) groups is 4. The molecule has 47 heavy (non-hydrogen) atoms. The average Bonchev–Trinajstić information content (AvgIpc) is 3.02. The van der Waals surface area contributed by atoms with Crippen LogP contribution >= 0.6 is 0 Å². The number of aliphatic hydroxyl groups is 1. The van der Waals surface area contributed by atoms with Gasteiger partial charge in [0, 0.05) is 22.4 Å². The molecule has 0 radical (unpaired) electrons. The molecule has 0 fully saturated rings. The number of pyridine rings is 1. The fourth-order valence-corrected chi connectivity index (χ4v) is 4.92. The van der Waals surface area contributed by atoms with Crippen molar-refractivity contribution in [3.05, 3.63) is 108 Å². The van der Waals surface area contributed by atoms with Crippen molar-refractivity contribution in [3.8, 4) is 5.75 Å². The van der Waals surface area contributed by atoms with Crippen molar-refractivity contribution < 1.29 is 39.0 Å². The Morgan fingerprint density at radius 1 is 0.851 bits per heavy atom. The number of hydrogen-bond acceptors (Lipinski definition) is 7. The number of rotatable bonds is 13. The second kappa shape index (κ2) is 15.2. The predicted octanol–water partition coefficient (Wildman–Crippen LogP) is 2.03. The van der Waals surface area contributed by atoms with Crippen molar-refractivity contribution in [1.29, 1.82) is 0 Å². The van der Waals surface area contributed by atoms with E-state index in [1.165, 1.54) is 6.07 Å².